The second-order valence-corrected chi connectivity index (χ2v) is 13.2. The number of nitriles is 1. The van der Waals surface area contributed by atoms with Gasteiger partial charge in [0.05, 0.1) is 34.5 Å². The van der Waals surface area contributed by atoms with Crippen LogP contribution in [0.2, 0.25) is 0 Å². The summed E-state index contributed by atoms with van der Waals surface area (Å²) < 4.78 is 35.1. The van der Waals surface area contributed by atoms with Gasteiger partial charge in [-0.1, -0.05) is 32.0 Å². The van der Waals surface area contributed by atoms with Crippen LogP contribution in [0, 0.1) is 26.9 Å². The molecule has 0 fully saturated rings. The molecule has 3 aromatic rings. The van der Waals surface area contributed by atoms with Crippen LogP contribution >= 0.6 is 0 Å². The van der Waals surface area contributed by atoms with E-state index < -0.39 is 26.3 Å². The number of ether oxygens (including phenoxy) is 2. The number of para-hydroxylation sites is 2. The van der Waals surface area contributed by atoms with Crippen molar-refractivity contribution in [2.45, 2.75) is 44.1 Å². The van der Waals surface area contributed by atoms with Crippen molar-refractivity contribution >= 4 is 27.2 Å². The number of methoxy groups -OCH3 is 1. The van der Waals surface area contributed by atoms with Crippen LogP contribution in [0.25, 0.3) is 0 Å². The summed E-state index contributed by atoms with van der Waals surface area (Å²) >= 11 is 0. The Kier molecular flexibility index (Phi) is 8.14. The van der Waals surface area contributed by atoms with Gasteiger partial charge in [-0.05, 0) is 59.9 Å². The number of hydrogen-bond donors (Lipinski definition) is 2. The Morgan fingerprint density at radius 2 is 1.78 bits per heavy atom. The number of carbonyl (C=O) groups is 1. The van der Waals surface area contributed by atoms with Crippen molar-refractivity contribution < 1.29 is 27.6 Å². The largest absolute Gasteiger partial charge is 0.496 e. The highest BCUT2D eigenvalue weighted by Crippen LogP contribution is 2.50. The molecule has 3 aromatic carbocycles. The molecule has 0 saturated carbocycles. The quantitative estimate of drug-likeness (QED) is 0.259. The first-order chi connectivity index (χ1) is 21.3. The molecule has 4 N–H and O–H groups in total. The van der Waals surface area contributed by atoms with Crippen LogP contribution in [0.1, 0.15) is 43.7 Å². The molecule has 45 heavy (non-hydrogen) atoms. The molecule has 0 amide bonds. The highest BCUT2D eigenvalue weighted by molar-refractivity contribution is 7.89. The van der Waals surface area contributed by atoms with Gasteiger partial charge in [-0.15, -0.1) is 0 Å². The van der Waals surface area contributed by atoms with Gasteiger partial charge in [0.15, 0.2) is 11.5 Å². The average molecular weight is 630 g/mol. The number of nitrogens with two attached hydrogens (primary N) is 2. The normalized spacial score (nSPS) is 17.9. The molecule has 1 atom stereocenters. The molecule has 0 unspecified atom stereocenters. The van der Waals surface area contributed by atoms with Crippen molar-refractivity contribution in [1.82, 2.24) is 0 Å². The first-order valence-electron chi connectivity index (χ1n) is 13.9. The number of allylic oxidation sites excluding steroid dienone is 3. The molecule has 1 heterocycles. The zero-order valence-corrected chi connectivity index (χ0v) is 25.6. The number of carbonyl (C=O) groups excluding carboxylic acids is 1. The summed E-state index contributed by atoms with van der Waals surface area (Å²) in [5.41, 5.74) is 8.84. The molecule has 13 heteroatoms. The first-order valence-corrected chi connectivity index (χ1v) is 15.4. The molecule has 0 aromatic heterocycles. The summed E-state index contributed by atoms with van der Waals surface area (Å²) in [6.45, 7) is 3.85. The van der Waals surface area contributed by atoms with Gasteiger partial charge < -0.3 is 15.2 Å². The zero-order valence-electron chi connectivity index (χ0n) is 24.8. The fourth-order valence-corrected chi connectivity index (χ4v) is 6.41. The van der Waals surface area contributed by atoms with E-state index in [2.05, 4.69) is 6.07 Å². The van der Waals surface area contributed by atoms with Gasteiger partial charge in [0.2, 0.25) is 10.0 Å². The average Bonchev–Trinajstić information content (AvgIpc) is 2.98. The molecule has 1 aliphatic carbocycles. The monoisotopic (exact) mass is 629 g/mol. The Morgan fingerprint density at radius 1 is 1.09 bits per heavy atom. The van der Waals surface area contributed by atoms with E-state index in [4.69, 9.17) is 20.3 Å². The number of benzene rings is 3. The Hall–Kier alpha value is -5.19. The SMILES string of the molecule is COc1ccc([C@H]2C(C#N)=C(N)N(c3ccc(S(N)(=O)=O)cc3)C3=C2C(=O)CC(C)(C)C3)cc1COc1ccccc1[N+](=O)[O-]. The summed E-state index contributed by atoms with van der Waals surface area (Å²) in [7, 11) is -2.47. The number of nitro groups is 1. The summed E-state index contributed by atoms with van der Waals surface area (Å²) in [6.07, 6.45) is 0.688. The van der Waals surface area contributed by atoms with Crippen molar-refractivity contribution in [3.05, 3.63) is 111 Å². The van der Waals surface area contributed by atoms with E-state index in [1.807, 2.05) is 13.8 Å². The van der Waals surface area contributed by atoms with Crippen molar-refractivity contribution in [3.8, 4) is 17.6 Å². The molecule has 0 saturated heterocycles. The van der Waals surface area contributed by atoms with Crippen LogP contribution in [0.4, 0.5) is 11.4 Å². The van der Waals surface area contributed by atoms with E-state index >= 15 is 0 Å². The number of rotatable bonds is 8. The maximum atomic E-state index is 13.9. The minimum Gasteiger partial charge on any atom is -0.496 e. The molecule has 1 aliphatic heterocycles. The highest BCUT2D eigenvalue weighted by Gasteiger charge is 2.45. The molecular weight excluding hydrogens is 598 g/mol. The maximum Gasteiger partial charge on any atom is 0.310 e. The van der Waals surface area contributed by atoms with E-state index in [1.54, 1.807) is 35.2 Å². The topological polar surface area (TPSA) is 192 Å². The van der Waals surface area contributed by atoms with Gasteiger partial charge in [0, 0.05) is 35.0 Å². The van der Waals surface area contributed by atoms with Crippen LogP contribution in [-0.4, -0.2) is 26.2 Å². The molecule has 0 bridgehead atoms. The number of sulfonamides is 1. The van der Waals surface area contributed by atoms with Crippen molar-refractivity contribution in [3.63, 3.8) is 0 Å². The fourth-order valence-electron chi connectivity index (χ4n) is 5.90. The highest BCUT2D eigenvalue weighted by atomic mass is 32.2. The number of Topliss-reactive ketones (excluding diaryl/α,β-unsaturated/α-hetero) is 1. The molecule has 232 valence electrons. The van der Waals surface area contributed by atoms with Gasteiger partial charge in [-0.3, -0.25) is 19.8 Å². The fraction of sp³-hybridized carbons (Fsp3) is 0.250. The van der Waals surface area contributed by atoms with E-state index in [0.717, 1.165) is 0 Å². The number of hydrogen-bond acceptors (Lipinski definition) is 10. The summed E-state index contributed by atoms with van der Waals surface area (Å²) in [4.78, 5) is 26.4. The van der Waals surface area contributed by atoms with E-state index in [1.165, 1.54) is 43.5 Å². The van der Waals surface area contributed by atoms with Gasteiger partial charge in [0.25, 0.3) is 0 Å². The third kappa shape index (κ3) is 5.98. The number of nitrogens with zero attached hydrogens (tertiary/aromatic N) is 3. The predicted octanol–water partition coefficient (Wildman–Crippen LogP) is 4.77. The standard InChI is InChI=1S/C32H31N5O7S/c1-32(2)15-25-30(26(38)16-32)29(23(17-33)31(34)36(25)21-9-11-22(12-10-21)45(35,41)42)19-8-13-27(43-3)20(14-19)18-44-28-7-5-4-6-24(28)37(39)40/h4-14,29H,15-16,18,34H2,1-3H3,(H2,35,41,42)/t29-/m0/s1. The van der Waals surface area contributed by atoms with Crippen LogP contribution in [0.5, 0.6) is 11.5 Å². The van der Waals surface area contributed by atoms with Crippen LogP contribution in [0.3, 0.4) is 0 Å². The van der Waals surface area contributed by atoms with E-state index in [0.29, 0.717) is 40.3 Å². The lowest BCUT2D eigenvalue weighted by Gasteiger charge is -2.43. The van der Waals surface area contributed by atoms with Crippen LogP contribution < -0.4 is 25.2 Å². The van der Waals surface area contributed by atoms with Crippen molar-refractivity contribution in [2.24, 2.45) is 16.3 Å². The van der Waals surface area contributed by atoms with E-state index in [-0.39, 0.29) is 46.5 Å². The minimum atomic E-state index is -3.95. The second kappa shape index (κ2) is 11.7. The first kappa shape index (κ1) is 31.2. The lowest BCUT2D eigenvalue weighted by atomic mass is 9.68. The molecule has 12 nitrogen and oxygen atoms in total. The van der Waals surface area contributed by atoms with Crippen LogP contribution in [0.15, 0.2) is 94.3 Å². The third-order valence-corrected chi connectivity index (χ3v) is 8.82. The number of nitro benzene ring substituents is 1. The van der Waals surface area contributed by atoms with Crippen LogP contribution in [-0.2, 0) is 21.4 Å². The molecule has 0 radical (unpaired) electrons. The summed E-state index contributed by atoms with van der Waals surface area (Å²) in [5, 5.41) is 27.2. The summed E-state index contributed by atoms with van der Waals surface area (Å²) in [6, 6.07) is 19.2. The second-order valence-electron chi connectivity index (χ2n) is 11.6. The lowest BCUT2D eigenvalue weighted by molar-refractivity contribution is -0.385. The van der Waals surface area contributed by atoms with Gasteiger partial charge in [-0.2, -0.15) is 5.26 Å². The Bertz CT molecular complexity index is 1930. The lowest BCUT2D eigenvalue weighted by Crippen LogP contribution is -2.42. The molecule has 0 spiro atoms. The van der Waals surface area contributed by atoms with Gasteiger partial charge in [0.1, 0.15) is 18.2 Å². The smallest absolute Gasteiger partial charge is 0.310 e. The predicted molar refractivity (Wildman–Crippen MR) is 165 cm³/mol. The maximum absolute atomic E-state index is 13.9. The Labute approximate surface area is 260 Å². The van der Waals surface area contributed by atoms with E-state index in [9.17, 15) is 28.6 Å². The number of primary sulfonamides is 1. The van der Waals surface area contributed by atoms with Gasteiger partial charge in [-0.25, -0.2) is 13.6 Å². The number of ketones is 1. The molecular formula is C32H31N5O7S. The van der Waals surface area contributed by atoms with Gasteiger partial charge >= 0.3 is 5.69 Å². The number of anilines is 1. The Morgan fingerprint density at radius 3 is 2.40 bits per heavy atom. The zero-order chi connectivity index (χ0) is 32.7. The van der Waals surface area contributed by atoms with Crippen molar-refractivity contribution in [2.75, 3.05) is 12.0 Å². The molecule has 5 rings (SSSR count). The Balaban J connectivity index is 1.63. The minimum absolute atomic E-state index is 0.0771. The third-order valence-electron chi connectivity index (χ3n) is 7.89. The molecule has 2 aliphatic rings. The van der Waals surface area contributed by atoms with Crippen molar-refractivity contribution in [1.29, 1.82) is 5.26 Å². The summed E-state index contributed by atoms with van der Waals surface area (Å²) in [5.74, 6) is -0.335.